The molecular weight excluding hydrogens is 472 g/mol. The zero-order chi connectivity index (χ0) is 25.0. The predicted octanol–water partition coefficient (Wildman–Crippen LogP) is -0.234. The van der Waals surface area contributed by atoms with Gasteiger partial charge >= 0.3 is 0 Å². The van der Waals surface area contributed by atoms with Crippen molar-refractivity contribution in [1.29, 1.82) is 0 Å². The van der Waals surface area contributed by atoms with E-state index in [4.69, 9.17) is 10.9 Å². The van der Waals surface area contributed by atoms with E-state index in [-0.39, 0.29) is 48.6 Å². The number of hydrogen-bond acceptors (Lipinski definition) is 6. The lowest BCUT2D eigenvalue weighted by atomic mass is 9.97. The van der Waals surface area contributed by atoms with Crippen LogP contribution in [-0.4, -0.2) is 96.1 Å². The Kier molecular flexibility index (Phi) is 7.80. The summed E-state index contributed by atoms with van der Waals surface area (Å²) >= 11 is 0. The van der Waals surface area contributed by atoms with E-state index < -0.39 is 16.1 Å². The Balaban J connectivity index is 1.27. The number of piperazine rings is 1. The number of rotatable bonds is 7. The molecule has 3 aliphatic heterocycles. The van der Waals surface area contributed by atoms with Crippen molar-refractivity contribution in [1.82, 2.24) is 19.4 Å². The molecule has 0 saturated carbocycles. The lowest BCUT2D eigenvalue weighted by molar-refractivity contribution is -0.143. The number of carbonyl (C=O) groups is 2. The van der Waals surface area contributed by atoms with E-state index in [1.807, 2.05) is 30.3 Å². The Hall–Kier alpha value is -2.86. The predicted molar refractivity (Wildman–Crippen MR) is 130 cm³/mol. The maximum atomic E-state index is 12.9. The first kappa shape index (κ1) is 25.2. The second-order valence-electron chi connectivity index (χ2n) is 9.53. The van der Waals surface area contributed by atoms with Crippen molar-refractivity contribution in [3.8, 4) is 0 Å². The van der Waals surface area contributed by atoms with Crippen molar-refractivity contribution < 1.29 is 23.2 Å². The van der Waals surface area contributed by atoms with Gasteiger partial charge in [0, 0.05) is 32.2 Å². The van der Waals surface area contributed by atoms with Gasteiger partial charge in [0.2, 0.25) is 27.8 Å². The summed E-state index contributed by atoms with van der Waals surface area (Å²) < 4.78 is 27.1. The molecule has 3 fully saturated rings. The molecule has 0 radical (unpaired) electrons. The third-order valence-electron chi connectivity index (χ3n) is 7.31. The third kappa shape index (κ3) is 5.87. The summed E-state index contributed by atoms with van der Waals surface area (Å²) in [6, 6.07) is 8.58. The van der Waals surface area contributed by atoms with Crippen LogP contribution >= 0.6 is 0 Å². The molecule has 3 saturated heterocycles. The third-order valence-corrected chi connectivity index (χ3v) is 9.09. The molecule has 0 spiro atoms. The van der Waals surface area contributed by atoms with Crippen molar-refractivity contribution in [3.63, 3.8) is 0 Å². The fraction of sp³-hybridized carbons (Fsp3) is 0.609. The van der Waals surface area contributed by atoms with E-state index in [0.717, 1.165) is 18.4 Å². The van der Waals surface area contributed by atoms with Gasteiger partial charge in [-0.3, -0.25) is 9.59 Å². The lowest BCUT2D eigenvalue weighted by Gasteiger charge is -2.38. The van der Waals surface area contributed by atoms with Crippen molar-refractivity contribution in [3.05, 3.63) is 35.9 Å². The van der Waals surface area contributed by atoms with E-state index in [0.29, 0.717) is 38.9 Å². The highest BCUT2D eigenvalue weighted by molar-refractivity contribution is 7.89. The van der Waals surface area contributed by atoms with Crippen LogP contribution in [0.4, 0.5) is 0 Å². The molecule has 0 unspecified atom stereocenters. The first-order valence-electron chi connectivity index (χ1n) is 12.1. The smallest absolute Gasteiger partial charge is 0.242 e. The largest absolute Gasteiger partial charge is 0.408 e. The lowest BCUT2D eigenvalue weighted by Crippen LogP contribution is -2.60. The van der Waals surface area contributed by atoms with Gasteiger partial charge in [-0.1, -0.05) is 35.5 Å². The average molecular weight is 507 g/mol. The summed E-state index contributed by atoms with van der Waals surface area (Å²) in [5.41, 5.74) is 6.57. The molecule has 4 rings (SSSR count). The Morgan fingerprint density at radius 3 is 2.54 bits per heavy atom. The number of oxime groups is 1. The highest BCUT2D eigenvalue weighted by atomic mass is 32.2. The summed E-state index contributed by atoms with van der Waals surface area (Å²) in [7, 11) is -3.58. The van der Waals surface area contributed by atoms with Crippen LogP contribution in [0.5, 0.6) is 0 Å². The molecule has 35 heavy (non-hydrogen) atoms. The molecule has 1 aromatic rings. The van der Waals surface area contributed by atoms with Crippen molar-refractivity contribution in [2.75, 3.05) is 38.5 Å². The molecule has 1 aromatic carbocycles. The minimum atomic E-state index is -3.58. The maximum absolute atomic E-state index is 12.9. The van der Waals surface area contributed by atoms with Crippen molar-refractivity contribution in [2.45, 2.75) is 44.2 Å². The van der Waals surface area contributed by atoms with Gasteiger partial charge in [-0.05, 0) is 43.6 Å². The number of guanidine groups is 1. The Labute approximate surface area is 206 Å². The molecule has 0 aliphatic carbocycles. The van der Waals surface area contributed by atoms with Gasteiger partial charge in [-0.15, -0.1) is 0 Å². The number of benzene rings is 1. The van der Waals surface area contributed by atoms with Gasteiger partial charge in [0.05, 0.1) is 12.3 Å². The quantitative estimate of drug-likeness (QED) is 0.200. The number of nitrogens with one attached hydrogen (secondary N) is 1. The fourth-order valence-electron chi connectivity index (χ4n) is 5.25. The van der Waals surface area contributed by atoms with Crippen LogP contribution in [0.25, 0.3) is 0 Å². The van der Waals surface area contributed by atoms with E-state index in [9.17, 15) is 18.0 Å². The van der Waals surface area contributed by atoms with Gasteiger partial charge in [0.1, 0.15) is 6.04 Å². The van der Waals surface area contributed by atoms with Crippen molar-refractivity contribution in [2.24, 2.45) is 16.8 Å². The first-order valence-corrected chi connectivity index (χ1v) is 13.7. The average Bonchev–Trinajstić information content (AvgIpc) is 3.31. The van der Waals surface area contributed by atoms with Crippen LogP contribution in [-0.2, 0) is 26.0 Å². The fourth-order valence-corrected chi connectivity index (χ4v) is 6.71. The van der Waals surface area contributed by atoms with Crippen LogP contribution in [0, 0.1) is 5.92 Å². The Morgan fingerprint density at radius 1 is 1.14 bits per heavy atom. The minimum absolute atomic E-state index is 0.0461. The normalized spacial score (nSPS) is 24.5. The monoisotopic (exact) mass is 506 g/mol. The van der Waals surface area contributed by atoms with E-state index >= 15 is 0 Å². The molecule has 3 aliphatic rings. The number of amides is 2. The molecule has 2 atom stereocenters. The molecule has 4 N–H and O–H groups in total. The van der Waals surface area contributed by atoms with Gasteiger partial charge in [-0.2, -0.15) is 4.31 Å². The van der Waals surface area contributed by atoms with Crippen molar-refractivity contribution >= 4 is 27.8 Å². The van der Waals surface area contributed by atoms with Gasteiger partial charge < -0.3 is 26.1 Å². The standard InChI is InChI=1S/C23H34N6O5S/c24-23(26-32)27-11-8-18(9-12-27)14-25-22(31)20-7-6-19-15-28(16-21(30)29(19)20)35(33,34)13-10-17-4-2-1-3-5-17/h1-5,18-20,32H,6-16H2,(H2,24,26)(H,25,31)/t19-,20-/m0/s1. The molecule has 192 valence electrons. The number of fused-ring (bicyclic) bond motifs is 1. The van der Waals surface area contributed by atoms with Gasteiger partial charge in [0.15, 0.2) is 0 Å². The van der Waals surface area contributed by atoms with Gasteiger partial charge in [0.25, 0.3) is 0 Å². The molecule has 0 bridgehead atoms. The molecular formula is C23H34N6O5S. The summed E-state index contributed by atoms with van der Waals surface area (Å²) in [6.07, 6.45) is 3.14. The van der Waals surface area contributed by atoms with Crippen LogP contribution in [0.3, 0.4) is 0 Å². The number of hydrogen-bond donors (Lipinski definition) is 3. The van der Waals surface area contributed by atoms with E-state index in [2.05, 4.69) is 10.5 Å². The number of sulfonamides is 1. The second-order valence-corrected chi connectivity index (χ2v) is 11.6. The van der Waals surface area contributed by atoms with Crippen LogP contribution in [0.2, 0.25) is 0 Å². The summed E-state index contributed by atoms with van der Waals surface area (Å²) in [4.78, 5) is 29.3. The number of nitrogens with two attached hydrogens (primary N) is 1. The van der Waals surface area contributed by atoms with E-state index in [1.54, 1.807) is 9.80 Å². The number of likely N-dealkylation sites (tertiary alicyclic amines) is 1. The SMILES string of the molecule is N/C(=N/O)N1CCC(CNC(=O)[C@@H]2CC[C@H]3CN(S(=O)(=O)CCc4ccccc4)CC(=O)N32)CC1. The van der Waals surface area contributed by atoms with Crippen LogP contribution < -0.4 is 11.1 Å². The minimum Gasteiger partial charge on any atom is -0.408 e. The number of carbonyl (C=O) groups excluding carboxylic acids is 2. The maximum Gasteiger partial charge on any atom is 0.242 e. The first-order chi connectivity index (χ1) is 16.8. The van der Waals surface area contributed by atoms with Gasteiger partial charge in [-0.25, -0.2) is 8.42 Å². The van der Waals surface area contributed by atoms with Crippen LogP contribution in [0.1, 0.15) is 31.2 Å². The molecule has 12 heteroatoms. The number of aryl methyl sites for hydroxylation is 1. The number of nitrogens with zero attached hydrogens (tertiary/aromatic N) is 4. The molecule has 0 aromatic heterocycles. The summed E-state index contributed by atoms with van der Waals surface area (Å²) in [5.74, 6) is -0.157. The highest BCUT2D eigenvalue weighted by Crippen LogP contribution is 2.30. The van der Waals surface area contributed by atoms with E-state index in [1.165, 1.54) is 4.31 Å². The highest BCUT2D eigenvalue weighted by Gasteiger charge is 2.46. The zero-order valence-electron chi connectivity index (χ0n) is 19.8. The number of piperidine rings is 1. The molecule has 2 amide bonds. The second kappa shape index (κ2) is 10.8. The summed E-state index contributed by atoms with van der Waals surface area (Å²) in [5, 5.41) is 14.8. The Bertz CT molecular complexity index is 1040. The zero-order valence-corrected chi connectivity index (χ0v) is 20.6. The molecule has 11 nitrogen and oxygen atoms in total. The topological polar surface area (TPSA) is 149 Å². The van der Waals surface area contributed by atoms with Crippen LogP contribution in [0.15, 0.2) is 35.5 Å². The summed E-state index contributed by atoms with van der Waals surface area (Å²) in [6.45, 7) is 1.83. The molecule has 3 heterocycles. The Morgan fingerprint density at radius 2 is 1.86 bits per heavy atom.